The fourth-order valence-electron chi connectivity index (χ4n) is 2.53. The van der Waals surface area contributed by atoms with Crippen molar-refractivity contribution in [3.8, 4) is 0 Å². The fraction of sp³-hybridized carbons (Fsp3) is 0.647. The van der Waals surface area contributed by atoms with Crippen molar-refractivity contribution in [1.29, 1.82) is 0 Å². The van der Waals surface area contributed by atoms with Crippen LogP contribution in [0, 0.1) is 0 Å². The van der Waals surface area contributed by atoms with Gasteiger partial charge in [-0.25, -0.2) is 4.79 Å². The fourth-order valence-corrected chi connectivity index (χ4v) is 2.53. The standard InChI is InChI=1S/C17H26N2O3/c1-13(15-9-5-6-10-18-15)21-12-14-8-7-11-19(14)16(20)22-17(2,3)4/h5-6,9-10,13-14H,7-8,11-12H2,1-4H3/t13-,14-/m1/s1. The second-order valence-corrected chi connectivity index (χ2v) is 6.70. The van der Waals surface area contributed by atoms with E-state index in [0.717, 1.165) is 25.1 Å². The molecule has 0 bridgehead atoms. The number of nitrogens with zero attached hydrogens (tertiary/aromatic N) is 2. The second-order valence-electron chi connectivity index (χ2n) is 6.70. The number of likely N-dealkylation sites (tertiary alicyclic amines) is 1. The van der Waals surface area contributed by atoms with Gasteiger partial charge in [-0.1, -0.05) is 6.07 Å². The van der Waals surface area contributed by atoms with Gasteiger partial charge in [-0.15, -0.1) is 0 Å². The molecule has 0 spiro atoms. The van der Waals surface area contributed by atoms with E-state index in [4.69, 9.17) is 9.47 Å². The predicted molar refractivity (Wildman–Crippen MR) is 84.6 cm³/mol. The van der Waals surface area contributed by atoms with Crippen LogP contribution in [0.25, 0.3) is 0 Å². The third-order valence-electron chi connectivity index (χ3n) is 3.65. The molecule has 5 nitrogen and oxygen atoms in total. The Kier molecular flexibility index (Phi) is 5.40. The average Bonchev–Trinajstić information content (AvgIpc) is 2.92. The smallest absolute Gasteiger partial charge is 0.410 e. The van der Waals surface area contributed by atoms with E-state index in [9.17, 15) is 4.79 Å². The number of carbonyl (C=O) groups is 1. The normalized spacial score (nSPS) is 20.0. The molecule has 2 rings (SSSR count). The van der Waals surface area contributed by atoms with Crippen LogP contribution in [-0.2, 0) is 9.47 Å². The van der Waals surface area contributed by atoms with Crippen molar-refractivity contribution in [3.63, 3.8) is 0 Å². The molecule has 2 atom stereocenters. The minimum Gasteiger partial charge on any atom is -0.444 e. The molecule has 122 valence electrons. The van der Waals surface area contributed by atoms with Gasteiger partial charge in [0, 0.05) is 12.7 Å². The van der Waals surface area contributed by atoms with Gasteiger partial charge in [0.2, 0.25) is 0 Å². The van der Waals surface area contributed by atoms with Crippen LogP contribution in [0.2, 0.25) is 0 Å². The van der Waals surface area contributed by atoms with Gasteiger partial charge in [0.05, 0.1) is 24.4 Å². The summed E-state index contributed by atoms with van der Waals surface area (Å²) in [5.74, 6) is 0. The molecule has 1 aromatic heterocycles. The SMILES string of the molecule is C[C@@H](OC[C@H]1CCCN1C(=O)OC(C)(C)C)c1ccccn1. The molecule has 1 saturated heterocycles. The lowest BCUT2D eigenvalue weighted by atomic mass is 10.2. The van der Waals surface area contributed by atoms with E-state index >= 15 is 0 Å². The van der Waals surface area contributed by atoms with Crippen molar-refractivity contribution in [2.75, 3.05) is 13.2 Å². The van der Waals surface area contributed by atoms with Crippen molar-refractivity contribution in [3.05, 3.63) is 30.1 Å². The number of rotatable bonds is 4. The predicted octanol–water partition coefficient (Wildman–Crippen LogP) is 3.56. The summed E-state index contributed by atoms with van der Waals surface area (Å²) in [6, 6.07) is 5.87. The second kappa shape index (κ2) is 7.09. The summed E-state index contributed by atoms with van der Waals surface area (Å²) in [7, 11) is 0. The summed E-state index contributed by atoms with van der Waals surface area (Å²) in [5, 5.41) is 0. The Balaban J connectivity index is 1.87. The molecule has 1 amide bonds. The number of carbonyl (C=O) groups excluding carboxylic acids is 1. The molecule has 22 heavy (non-hydrogen) atoms. The highest BCUT2D eigenvalue weighted by Crippen LogP contribution is 2.23. The zero-order chi connectivity index (χ0) is 16.2. The average molecular weight is 306 g/mol. The minimum absolute atomic E-state index is 0.0812. The minimum atomic E-state index is -0.466. The summed E-state index contributed by atoms with van der Waals surface area (Å²) in [6.45, 7) is 8.88. The van der Waals surface area contributed by atoms with Crippen LogP contribution in [0.5, 0.6) is 0 Å². The zero-order valence-electron chi connectivity index (χ0n) is 13.9. The van der Waals surface area contributed by atoms with Gasteiger partial charge in [0.25, 0.3) is 0 Å². The molecule has 0 aromatic carbocycles. The molecule has 1 aromatic rings. The number of aromatic nitrogens is 1. The highest BCUT2D eigenvalue weighted by molar-refractivity contribution is 5.68. The van der Waals surface area contributed by atoms with E-state index in [2.05, 4.69) is 4.98 Å². The largest absolute Gasteiger partial charge is 0.444 e. The summed E-state index contributed by atoms with van der Waals surface area (Å²) in [6.07, 6.45) is 3.38. The van der Waals surface area contributed by atoms with Crippen molar-refractivity contribution in [2.45, 2.75) is 58.3 Å². The molecule has 0 aliphatic carbocycles. The van der Waals surface area contributed by atoms with Crippen LogP contribution in [0.3, 0.4) is 0 Å². The Bertz CT molecular complexity index is 484. The van der Waals surface area contributed by atoms with Crippen molar-refractivity contribution >= 4 is 6.09 Å². The van der Waals surface area contributed by atoms with E-state index in [-0.39, 0.29) is 18.2 Å². The summed E-state index contributed by atoms with van der Waals surface area (Å²) >= 11 is 0. The Labute approximate surface area is 132 Å². The maximum absolute atomic E-state index is 12.2. The maximum Gasteiger partial charge on any atom is 0.410 e. The van der Waals surface area contributed by atoms with Crippen LogP contribution in [0.1, 0.15) is 52.3 Å². The topological polar surface area (TPSA) is 51.7 Å². The van der Waals surface area contributed by atoms with Gasteiger partial charge in [-0.3, -0.25) is 4.98 Å². The van der Waals surface area contributed by atoms with Gasteiger partial charge < -0.3 is 14.4 Å². The van der Waals surface area contributed by atoms with Gasteiger partial charge in [0.15, 0.2) is 0 Å². The van der Waals surface area contributed by atoms with E-state index < -0.39 is 5.60 Å². The van der Waals surface area contributed by atoms with Crippen molar-refractivity contribution in [1.82, 2.24) is 9.88 Å². The number of amides is 1. The lowest BCUT2D eigenvalue weighted by molar-refractivity contribution is -0.00250. The molecular weight excluding hydrogens is 280 g/mol. The van der Waals surface area contributed by atoms with Gasteiger partial charge in [0.1, 0.15) is 5.60 Å². The first-order valence-electron chi connectivity index (χ1n) is 7.89. The highest BCUT2D eigenvalue weighted by atomic mass is 16.6. The highest BCUT2D eigenvalue weighted by Gasteiger charge is 2.32. The monoisotopic (exact) mass is 306 g/mol. The summed E-state index contributed by atoms with van der Waals surface area (Å²) in [5.41, 5.74) is 0.441. The third-order valence-corrected chi connectivity index (χ3v) is 3.65. The maximum atomic E-state index is 12.2. The molecule has 2 heterocycles. The molecule has 1 aliphatic rings. The number of hydrogen-bond acceptors (Lipinski definition) is 4. The van der Waals surface area contributed by atoms with Crippen LogP contribution >= 0.6 is 0 Å². The molecule has 0 saturated carbocycles. The van der Waals surface area contributed by atoms with Crippen LogP contribution in [0.4, 0.5) is 4.79 Å². The third kappa shape index (κ3) is 4.70. The molecule has 1 aliphatic heterocycles. The first-order valence-corrected chi connectivity index (χ1v) is 7.89. The Morgan fingerprint density at radius 3 is 2.86 bits per heavy atom. The molecule has 5 heteroatoms. The molecule has 0 N–H and O–H groups in total. The van der Waals surface area contributed by atoms with Crippen LogP contribution in [0.15, 0.2) is 24.4 Å². The van der Waals surface area contributed by atoms with E-state index in [1.165, 1.54) is 0 Å². The van der Waals surface area contributed by atoms with E-state index in [0.29, 0.717) is 6.61 Å². The van der Waals surface area contributed by atoms with Crippen LogP contribution < -0.4 is 0 Å². The van der Waals surface area contributed by atoms with Crippen molar-refractivity contribution in [2.24, 2.45) is 0 Å². The quantitative estimate of drug-likeness (QED) is 0.853. The van der Waals surface area contributed by atoms with Gasteiger partial charge >= 0.3 is 6.09 Å². The lowest BCUT2D eigenvalue weighted by Crippen LogP contribution is -2.41. The lowest BCUT2D eigenvalue weighted by Gasteiger charge is -2.29. The van der Waals surface area contributed by atoms with Crippen LogP contribution in [-0.4, -0.2) is 40.8 Å². The molecular formula is C17H26N2O3. The zero-order valence-corrected chi connectivity index (χ0v) is 13.9. The van der Waals surface area contributed by atoms with E-state index in [1.807, 2.05) is 45.9 Å². The Morgan fingerprint density at radius 2 is 2.23 bits per heavy atom. The Hall–Kier alpha value is -1.62. The number of ether oxygens (including phenoxy) is 2. The summed E-state index contributed by atoms with van der Waals surface area (Å²) < 4.78 is 11.4. The summed E-state index contributed by atoms with van der Waals surface area (Å²) in [4.78, 5) is 18.3. The first kappa shape index (κ1) is 16.7. The Morgan fingerprint density at radius 1 is 1.45 bits per heavy atom. The molecule has 1 fully saturated rings. The molecule has 0 radical (unpaired) electrons. The molecule has 0 unspecified atom stereocenters. The van der Waals surface area contributed by atoms with Gasteiger partial charge in [-0.05, 0) is 52.7 Å². The first-order chi connectivity index (χ1) is 10.4. The van der Waals surface area contributed by atoms with Crippen molar-refractivity contribution < 1.29 is 14.3 Å². The van der Waals surface area contributed by atoms with E-state index in [1.54, 1.807) is 11.1 Å². The number of pyridine rings is 1. The van der Waals surface area contributed by atoms with Gasteiger partial charge in [-0.2, -0.15) is 0 Å². The number of hydrogen-bond donors (Lipinski definition) is 0.